The van der Waals surface area contributed by atoms with Crippen molar-refractivity contribution in [1.82, 2.24) is 4.90 Å². The largest absolute Gasteiger partial charge is 0.322 e. The zero-order valence-electron chi connectivity index (χ0n) is 13.0. The van der Waals surface area contributed by atoms with Crippen LogP contribution in [0.25, 0.3) is 0 Å². The Morgan fingerprint density at radius 3 is 2.17 bits per heavy atom. The number of benzene rings is 1. The summed E-state index contributed by atoms with van der Waals surface area (Å²) in [6, 6.07) is 2.11. The molecule has 1 aromatic rings. The van der Waals surface area contributed by atoms with Gasteiger partial charge in [-0.3, -0.25) is 0 Å². The highest BCUT2D eigenvalue weighted by Gasteiger charge is 2.38. The number of hydrogen-bond donors (Lipinski definition) is 2. The third-order valence-electron chi connectivity index (χ3n) is 5.30. The Morgan fingerprint density at radius 1 is 1.09 bits per heavy atom. The second-order valence-electron chi connectivity index (χ2n) is 6.78. The van der Waals surface area contributed by atoms with Gasteiger partial charge in [0.15, 0.2) is 0 Å². The summed E-state index contributed by atoms with van der Waals surface area (Å²) in [5.74, 6) is 0. The Hall–Kier alpha value is -1.60. The van der Waals surface area contributed by atoms with E-state index in [0.29, 0.717) is 0 Å². The molecule has 0 bridgehead atoms. The van der Waals surface area contributed by atoms with Crippen LogP contribution in [0, 0.1) is 0 Å². The van der Waals surface area contributed by atoms with Crippen molar-refractivity contribution in [3.8, 4) is 0 Å². The highest BCUT2D eigenvalue weighted by atomic mass is 32.2. The summed E-state index contributed by atoms with van der Waals surface area (Å²) in [7, 11) is -3.55. The number of amides is 2. The number of primary sulfonamides is 1. The summed E-state index contributed by atoms with van der Waals surface area (Å²) < 4.78 is 22.5. The first-order valence-corrected chi connectivity index (χ1v) is 9.78. The van der Waals surface area contributed by atoms with Crippen LogP contribution in [0.3, 0.4) is 0 Å². The van der Waals surface area contributed by atoms with Gasteiger partial charge in [0.25, 0.3) is 0 Å². The zero-order chi connectivity index (χ0) is 16.2. The van der Waals surface area contributed by atoms with Gasteiger partial charge in [0, 0.05) is 18.8 Å². The van der Waals surface area contributed by atoms with Crippen molar-refractivity contribution in [2.45, 2.75) is 43.8 Å². The number of nitrogens with one attached hydrogen (secondary N) is 1. The van der Waals surface area contributed by atoms with Crippen molar-refractivity contribution < 1.29 is 13.2 Å². The van der Waals surface area contributed by atoms with Crippen LogP contribution in [0.2, 0.25) is 0 Å². The first-order chi connectivity index (χ1) is 10.9. The first-order valence-electron chi connectivity index (χ1n) is 8.17. The summed E-state index contributed by atoms with van der Waals surface area (Å²) in [5.41, 5.74) is 6.29. The minimum atomic E-state index is -3.55. The van der Waals surface area contributed by atoms with Gasteiger partial charge in [-0.2, -0.15) is 0 Å². The molecule has 23 heavy (non-hydrogen) atoms. The van der Waals surface area contributed by atoms with E-state index < -0.39 is 15.3 Å². The van der Waals surface area contributed by atoms with Gasteiger partial charge in [0.05, 0.1) is 0 Å². The van der Waals surface area contributed by atoms with Gasteiger partial charge in [0.1, 0.15) is 5.25 Å². The van der Waals surface area contributed by atoms with Crippen LogP contribution in [0.1, 0.15) is 35.1 Å². The number of likely N-dealkylation sites (tertiary alicyclic amines) is 1. The van der Waals surface area contributed by atoms with Crippen molar-refractivity contribution in [2.75, 3.05) is 18.4 Å². The quantitative estimate of drug-likeness (QED) is 0.849. The maximum atomic E-state index is 12.4. The van der Waals surface area contributed by atoms with E-state index in [1.807, 2.05) is 0 Å². The molecule has 124 valence electrons. The van der Waals surface area contributed by atoms with Crippen LogP contribution in [0.15, 0.2) is 6.07 Å². The monoisotopic (exact) mass is 335 g/mol. The molecule has 0 spiro atoms. The lowest BCUT2D eigenvalue weighted by Crippen LogP contribution is -2.59. The molecule has 3 N–H and O–H groups in total. The van der Waals surface area contributed by atoms with Gasteiger partial charge in [0.2, 0.25) is 10.0 Å². The van der Waals surface area contributed by atoms with E-state index >= 15 is 0 Å². The Balaban J connectivity index is 1.55. The van der Waals surface area contributed by atoms with E-state index in [0.717, 1.165) is 44.2 Å². The predicted octanol–water partition coefficient (Wildman–Crippen LogP) is 1.17. The molecule has 1 aliphatic heterocycles. The van der Waals surface area contributed by atoms with E-state index in [2.05, 4.69) is 11.4 Å². The molecule has 0 radical (unpaired) electrons. The molecule has 4 rings (SSSR count). The molecule has 6 nitrogen and oxygen atoms in total. The van der Waals surface area contributed by atoms with E-state index in [1.54, 1.807) is 0 Å². The molecule has 1 saturated heterocycles. The van der Waals surface area contributed by atoms with Crippen molar-refractivity contribution in [3.63, 3.8) is 0 Å². The standard InChI is InChI=1S/C16H21N3O3S/c17-23(21,22)12-8-19(9-12)16(20)18-15-13-5-1-3-10(13)7-11-4-2-6-14(11)15/h7,12H,1-6,8-9H2,(H,18,20)(H2,17,21,22). The lowest BCUT2D eigenvalue weighted by atomic mass is 9.99. The number of nitrogens with zero attached hydrogens (tertiary/aromatic N) is 1. The van der Waals surface area contributed by atoms with Gasteiger partial charge < -0.3 is 10.2 Å². The van der Waals surface area contributed by atoms with Crippen molar-refractivity contribution in [2.24, 2.45) is 5.14 Å². The van der Waals surface area contributed by atoms with Gasteiger partial charge in [-0.05, 0) is 60.8 Å². The maximum absolute atomic E-state index is 12.4. The number of carbonyl (C=O) groups excluding carboxylic acids is 1. The SMILES string of the molecule is NS(=O)(=O)C1CN(C(=O)Nc2c3c(cc4c2CCC4)CCC3)C1. The fraction of sp³-hybridized carbons (Fsp3) is 0.562. The van der Waals surface area contributed by atoms with Crippen molar-refractivity contribution in [1.29, 1.82) is 0 Å². The molecular weight excluding hydrogens is 314 g/mol. The third-order valence-corrected chi connectivity index (χ3v) is 6.53. The molecule has 3 aliphatic rings. The van der Waals surface area contributed by atoms with E-state index in [4.69, 9.17) is 5.14 Å². The van der Waals surface area contributed by atoms with Gasteiger partial charge in [-0.1, -0.05) is 6.07 Å². The number of carbonyl (C=O) groups is 1. The third kappa shape index (κ3) is 2.52. The van der Waals surface area contributed by atoms with E-state index in [-0.39, 0.29) is 19.1 Å². The lowest BCUT2D eigenvalue weighted by molar-refractivity contribution is 0.182. The van der Waals surface area contributed by atoms with Crippen LogP contribution >= 0.6 is 0 Å². The van der Waals surface area contributed by atoms with Gasteiger partial charge in [-0.15, -0.1) is 0 Å². The molecule has 2 amide bonds. The Morgan fingerprint density at radius 2 is 1.65 bits per heavy atom. The predicted molar refractivity (Wildman–Crippen MR) is 88.0 cm³/mol. The molecule has 2 aliphatic carbocycles. The summed E-state index contributed by atoms with van der Waals surface area (Å²) in [4.78, 5) is 14.0. The summed E-state index contributed by atoms with van der Waals surface area (Å²) >= 11 is 0. The smallest absolute Gasteiger partial charge is 0.321 e. The second-order valence-corrected chi connectivity index (χ2v) is 8.62. The van der Waals surface area contributed by atoms with E-state index in [1.165, 1.54) is 27.2 Å². The summed E-state index contributed by atoms with van der Waals surface area (Å²) in [6.07, 6.45) is 6.47. The van der Waals surface area contributed by atoms with Crippen LogP contribution in [-0.4, -0.2) is 37.7 Å². The lowest BCUT2D eigenvalue weighted by Gasteiger charge is -2.37. The number of sulfonamides is 1. The maximum Gasteiger partial charge on any atom is 0.321 e. The highest BCUT2D eigenvalue weighted by molar-refractivity contribution is 7.89. The number of urea groups is 1. The molecule has 1 aromatic carbocycles. The fourth-order valence-electron chi connectivity index (χ4n) is 3.96. The number of hydrogen-bond acceptors (Lipinski definition) is 3. The molecule has 0 atom stereocenters. The highest BCUT2D eigenvalue weighted by Crippen LogP contribution is 2.38. The van der Waals surface area contributed by atoms with Crippen LogP contribution in [0.5, 0.6) is 0 Å². The minimum Gasteiger partial charge on any atom is -0.322 e. The molecule has 0 saturated carbocycles. The van der Waals surface area contributed by atoms with Crippen LogP contribution in [-0.2, 0) is 35.7 Å². The summed E-state index contributed by atoms with van der Waals surface area (Å²) in [5, 5.41) is 7.56. The average molecular weight is 335 g/mol. The molecule has 0 unspecified atom stereocenters. The first kappa shape index (κ1) is 15.0. The zero-order valence-corrected chi connectivity index (χ0v) is 13.8. The Kier molecular flexibility index (Phi) is 3.39. The van der Waals surface area contributed by atoms with Crippen molar-refractivity contribution >= 4 is 21.7 Å². The topological polar surface area (TPSA) is 92.5 Å². The summed E-state index contributed by atoms with van der Waals surface area (Å²) in [6.45, 7) is 0.365. The minimum absolute atomic E-state index is 0.182. The molecule has 1 fully saturated rings. The Bertz CT molecular complexity index is 750. The molecule has 1 heterocycles. The fourth-order valence-corrected chi connectivity index (χ4v) is 4.74. The van der Waals surface area contributed by atoms with Gasteiger partial charge >= 0.3 is 6.03 Å². The number of fused-ring (bicyclic) bond motifs is 2. The second kappa shape index (κ2) is 5.21. The van der Waals surface area contributed by atoms with Crippen LogP contribution < -0.4 is 10.5 Å². The van der Waals surface area contributed by atoms with Crippen molar-refractivity contribution in [3.05, 3.63) is 28.3 Å². The van der Waals surface area contributed by atoms with E-state index in [9.17, 15) is 13.2 Å². The molecule has 0 aromatic heterocycles. The number of rotatable bonds is 2. The Labute approximate surface area is 136 Å². The van der Waals surface area contributed by atoms with Gasteiger partial charge in [-0.25, -0.2) is 18.4 Å². The average Bonchev–Trinajstić information content (AvgIpc) is 3.02. The number of anilines is 1. The molecular formula is C16H21N3O3S. The molecule has 7 heteroatoms. The number of aryl methyl sites for hydroxylation is 2. The van der Waals surface area contributed by atoms with Crippen LogP contribution in [0.4, 0.5) is 10.5 Å². The number of nitrogens with two attached hydrogens (primary N) is 1. The normalized spacial score (nSPS) is 20.1.